The Morgan fingerprint density at radius 1 is 1.56 bits per heavy atom. The van der Waals surface area contributed by atoms with Crippen molar-refractivity contribution < 1.29 is 4.79 Å². The highest BCUT2D eigenvalue weighted by atomic mass is 79.9. The number of halogens is 1. The van der Waals surface area contributed by atoms with Crippen molar-refractivity contribution in [3.05, 3.63) is 16.5 Å². The van der Waals surface area contributed by atoms with Gasteiger partial charge in [-0.2, -0.15) is 0 Å². The van der Waals surface area contributed by atoms with Gasteiger partial charge < -0.3 is 10.6 Å². The molecule has 0 fully saturated rings. The van der Waals surface area contributed by atoms with Crippen LogP contribution in [0.2, 0.25) is 0 Å². The number of carbonyl (C=O) groups excluding carboxylic acids is 1. The normalized spacial score (nSPS) is 10.2. The number of likely N-dealkylation sites (N-methyl/N-ethyl adjacent to an activating group) is 1. The lowest BCUT2D eigenvalue weighted by molar-refractivity contribution is -0.116. The lowest BCUT2D eigenvalue weighted by Gasteiger charge is -2.16. The Bertz CT molecular complexity index is 383. The second kappa shape index (κ2) is 5.79. The number of aromatic nitrogens is 2. The smallest absolute Gasteiger partial charge is 0.236 e. The molecule has 88 valence electrons. The summed E-state index contributed by atoms with van der Waals surface area (Å²) < 4.78 is 0.720. The molecule has 1 rings (SSSR count). The molecule has 0 saturated carbocycles. The molecule has 0 saturated heterocycles. The van der Waals surface area contributed by atoms with E-state index in [1.807, 2.05) is 0 Å². The van der Waals surface area contributed by atoms with E-state index in [9.17, 15) is 4.79 Å². The number of rotatable bonds is 5. The highest BCUT2D eigenvalue weighted by Gasteiger charge is 2.08. The summed E-state index contributed by atoms with van der Waals surface area (Å²) in [5.74, 6) is 1.08. The third kappa shape index (κ3) is 3.77. The fraction of sp³-hybridized carbons (Fsp3) is 0.500. The number of primary amides is 1. The number of hydrogen-bond donors (Lipinski definition) is 1. The Morgan fingerprint density at radius 2 is 2.25 bits per heavy atom. The number of hydrogen-bond acceptors (Lipinski definition) is 4. The third-order valence-corrected chi connectivity index (χ3v) is 2.39. The zero-order chi connectivity index (χ0) is 12.1. The van der Waals surface area contributed by atoms with Crippen LogP contribution >= 0.6 is 15.9 Å². The Kier molecular flexibility index (Phi) is 4.67. The summed E-state index contributed by atoms with van der Waals surface area (Å²) >= 11 is 3.32. The predicted octanol–water partition coefficient (Wildman–Crippen LogP) is 1.11. The van der Waals surface area contributed by atoms with Crippen molar-refractivity contribution in [3.63, 3.8) is 0 Å². The summed E-state index contributed by atoms with van der Waals surface area (Å²) in [6.07, 6.45) is 1.80. The fourth-order valence-corrected chi connectivity index (χ4v) is 1.71. The summed E-state index contributed by atoms with van der Waals surface area (Å²) in [5, 5.41) is 0. The van der Waals surface area contributed by atoms with E-state index in [1.165, 1.54) is 0 Å². The van der Waals surface area contributed by atoms with Gasteiger partial charge in [-0.3, -0.25) is 4.79 Å². The minimum atomic E-state index is -0.380. The molecule has 16 heavy (non-hydrogen) atoms. The van der Waals surface area contributed by atoms with Crippen LogP contribution in [0.3, 0.4) is 0 Å². The molecule has 0 atom stereocenters. The van der Waals surface area contributed by atoms with Crippen LogP contribution in [0, 0.1) is 0 Å². The molecule has 5 nitrogen and oxygen atoms in total. The molecule has 0 aliphatic carbocycles. The summed E-state index contributed by atoms with van der Waals surface area (Å²) in [7, 11) is 1.77. The number of nitrogens with zero attached hydrogens (tertiary/aromatic N) is 3. The van der Waals surface area contributed by atoms with Crippen LogP contribution in [-0.4, -0.2) is 29.5 Å². The molecule has 1 amide bonds. The molecule has 0 radical (unpaired) electrons. The maximum atomic E-state index is 10.8. The molecular weight excluding hydrogens is 272 g/mol. The zero-order valence-electron chi connectivity index (χ0n) is 9.40. The molecule has 2 N–H and O–H groups in total. The number of nitrogens with two attached hydrogens (primary N) is 1. The molecule has 0 spiro atoms. The molecule has 0 bridgehead atoms. The van der Waals surface area contributed by atoms with Crippen molar-refractivity contribution in [2.24, 2.45) is 5.73 Å². The first-order chi connectivity index (χ1) is 7.52. The van der Waals surface area contributed by atoms with Gasteiger partial charge in [-0.1, -0.05) is 6.92 Å². The van der Waals surface area contributed by atoms with E-state index in [1.54, 1.807) is 18.0 Å². The Labute approximate surface area is 103 Å². The highest BCUT2D eigenvalue weighted by Crippen LogP contribution is 2.15. The Hall–Kier alpha value is -1.17. The summed E-state index contributed by atoms with van der Waals surface area (Å²) in [6.45, 7) is 2.21. The maximum absolute atomic E-state index is 10.8. The topological polar surface area (TPSA) is 72.1 Å². The minimum absolute atomic E-state index is 0.148. The first-order valence-electron chi connectivity index (χ1n) is 5.05. The second-order valence-electron chi connectivity index (χ2n) is 3.54. The minimum Gasteiger partial charge on any atom is -0.368 e. The van der Waals surface area contributed by atoms with Crippen LogP contribution in [0.15, 0.2) is 10.7 Å². The van der Waals surface area contributed by atoms with Crippen LogP contribution in [0.25, 0.3) is 0 Å². The Morgan fingerprint density at radius 3 is 2.81 bits per heavy atom. The molecule has 0 aliphatic rings. The van der Waals surface area contributed by atoms with Gasteiger partial charge in [-0.15, -0.1) is 0 Å². The van der Waals surface area contributed by atoms with E-state index in [4.69, 9.17) is 5.73 Å². The number of aryl methyl sites for hydroxylation is 1. The average Bonchev–Trinajstić information content (AvgIpc) is 2.16. The number of amides is 1. The molecule has 0 unspecified atom stereocenters. The van der Waals surface area contributed by atoms with Crippen molar-refractivity contribution in [1.82, 2.24) is 9.97 Å². The second-order valence-corrected chi connectivity index (χ2v) is 4.35. The number of carbonyl (C=O) groups is 1. The molecular formula is C10H15BrN4O. The van der Waals surface area contributed by atoms with Crippen molar-refractivity contribution in [3.8, 4) is 0 Å². The van der Waals surface area contributed by atoms with E-state index in [-0.39, 0.29) is 12.5 Å². The predicted molar refractivity (Wildman–Crippen MR) is 66.2 cm³/mol. The van der Waals surface area contributed by atoms with Gasteiger partial charge in [0.05, 0.1) is 6.54 Å². The first-order valence-corrected chi connectivity index (χ1v) is 5.85. The summed E-state index contributed by atoms with van der Waals surface area (Å²) in [4.78, 5) is 21.1. The van der Waals surface area contributed by atoms with E-state index < -0.39 is 0 Å². The first kappa shape index (κ1) is 12.9. The molecule has 1 aromatic heterocycles. The number of anilines is 1. The van der Waals surface area contributed by atoms with Gasteiger partial charge in [-0.05, 0) is 22.4 Å². The van der Waals surface area contributed by atoms with E-state index in [0.29, 0.717) is 5.82 Å². The highest BCUT2D eigenvalue weighted by molar-refractivity contribution is 9.10. The monoisotopic (exact) mass is 286 g/mol. The standard InChI is InChI=1S/C10H15BrN4O/c1-3-4-9-13-7(11)5-10(14-9)15(2)6-8(12)16/h5H,3-4,6H2,1-2H3,(H2,12,16). The van der Waals surface area contributed by atoms with Crippen LogP contribution in [0.5, 0.6) is 0 Å². The van der Waals surface area contributed by atoms with Gasteiger partial charge in [0, 0.05) is 19.5 Å². The van der Waals surface area contributed by atoms with Crippen molar-refractivity contribution >= 4 is 27.7 Å². The molecule has 1 heterocycles. The van der Waals surface area contributed by atoms with Gasteiger partial charge in [-0.25, -0.2) is 9.97 Å². The third-order valence-electron chi connectivity index (χ3n) is 1.99. The lowest BCUT2D eigenvalue weighted by Crippen LogP contribution is -2.31. The van der Waals surface area contributed by atoms with Gasteiger partial charge in [0.2, 0.25) is 5.91 Å². The summed E-state index contributed by atoms with van der Waals surface area (Å²) in [5.41, 5.74) is 5.13. The van der Waals surface area contributed by atoms with Crippen LogP contribution in [0.1, 0.15) is 19.2 Å². The van der Waals surface area contributed by atoms with Crippen molar-refractivity contribution in [2.45, 2.75) is 19.8 Å². The van der Waals surface area contributed by atoms with Gasteiger partial charge in [0.15, 0.2) is 0 Å². The molecule has 1 aromatic rings. The fourth-order valence-electron chi connectivity index (χ4n) is 1.30. The van der Waals surface area contributed by atoms with Gasteiger partial charge in [0.1, 0.15) is 16.2 Å². The van der Waals surface area contributed by atoms with Gasteiger partial charge >= 0.3 is 0 Å². The van der Waals surface area contributed by atoms with E-state index in [0.717, 1.165) is 23.3 Å². The largest absolute Gasteiger partial charge is 0.368 e. The quantitative estimate of drug-likeness (QED) is 0.823. The maximum Gasteiger partial charge on any atom is 0.236 e. The molecule has 0 aromatic carbocycles. The van der Waals surface area contributed by atoms with Crippen molar-refractivity contribution in [1.29, 1.82) is 0 Å². The zero-order valence-corrected chi connectivity index (χ0v) is 11.0. The molecule has 0 aliphatic heterocycles. The Balaban J connectivity index is 2.90. The van der Waals surface area contributed by atoms with Crippen molar-refractivity contribution in [2.75, 3.05) is 18.5 Å². The van der Waals surface area contributed by atoms with Crippen LogP contribution in [-0.2, 0) is 11.2 Å². The van der Waals surface area contributed by atoms with E-state index in [2.05, 4.69) is 32.8 Å². The SMILES string of the molecule is CCCc1nc(Br)cc(N(C)CC(N)=O)n1. The van der Waals surface area contributed by atoms with Crippen LogP contribution < -0.4 is 10.6 Å². The molecule has 6 heteroatoms. The van der Waals surface area contributed by atoms with Gasteiger partial charge in [0.25, 0.3) is 0 Å². The average molecular weight is 287 g/mol. The van der Waals surface area contributed by atoms with E-state index >= 15 is 0 Å². The lowest BCUT2D eigenvalue weighted by atomic mass is 10.3. The summed E-state index contributed by atoms with van der Waals surface area (Å²) in [6, 6.07) is 1.77. The van der Waals surface area contributed by atoms with Crippen LogP contribution in [0.4, 0.5) is 5.82 Å².